The van der Waals surface area contributed by atoms with Crippen LogP contribution in [0.4, 0.5) is 5.82 Å². The van der Waals surface area contributed by atoms with Gasteiger partial charge in [-0.3, -0.25) is 9.36 Å². The Kier molecular flexibility index (Phi) is 5.43. The summed E-state index contributed by atoms with van der Waals surface area (Å²) in [7, 11) is 0. The predicted molar refractivity (Wildman–Crippen MR) is 120 cm³/mol. The lowest BCUT2D eigenvalue weighted by Gasteiger charge is -2.43. The Morgan fingerprint density at radius 3 is 2.48 bits per heavy atom. The van der Waals surface area contributed by atoms with Crippen molar-refractivity contribution in [1.82, 2.24) is 9.55 Å². The van der Waals surface area contributed by atoms with Crippen LogP contribution in [0.3, 0.4) is 0 Å². The van der Waals surface area contributed by atoms with E-state index in [9.17, 15) is 4.79 Å². The number of nitrogens with zero attached hydrogens (tertiary/aromatic N) is 3. The van der Waals surface area contributed by atoms with Gasteiger partial charge in [0.2, 0.25) is 0 Å². The molecule has 2 fully saturated rings. The standard InChI is InChI=1S/C22H28Cl2N4O/c1-13-7-8-22(19(13)25)9-11-27(12-10-22)20-14(2)21(29)28(15(3)26-20)17-6-4-5-16(23)18(17)24/h4-6,13,19H,7-12,25H2,1-3H3/t13-,19-/m0/s1. The first-order chi connectivity index (χ1) is 13.7. The summed E-state index contributed by atoms with van der Waals surface area (Å²) in [6.07, 6.45) is 4.54. The number of halogens is 2. The van der Waals surface area contributed by atoms with Gasteiger partial charge in [-0.15, -0.1) is 0 Å². The highest BCUT2D eigenvalue weighted by Crippen LogP contribution is 2.48. The Balaban J connectivity index is 1.66. The maximum atomic E-state index is 13.2. The van der Waals surface area contributed by atoms with Gasteiger partial charge in [0.1, 0.15) is 11.6 Å². The van der Waals surface area contributed by atoms with Gasteiger partial charge in [0.25, 0.3) is 5.56 Å². The van der Waals surface area contributed by atoms with Gasteiger partial charge in [0.05, 0.1) is 21.3 Å². The highest BCUT2D eigenvalue weighted by Gasteiger charge is 2.46. The zero-order valence-corrected chi connectivity index (χ0v) is 18.7. The van der Waals surface area contributed by atoms with Crippen molar-refractivity contribution in [3.63, 3.8) is 0 Å². The quantitative estimate of drug-likeness (QED) is 0.755. The average molecular weight is 435 g/mol. The summed E-state index contributed by atoms with van der Waals surface area (Å²) in [6.45, 7) is 7.71. The van der Waals surface area contributed by atoms with E-state index in [4.69, 9.17) is 33.9 Å². The van der Waals surface area contributed by atoms with Gasteiger partial charge in [-0.25, -0.2) is 4.98 Å². The second-order valence-corrected chi connectivity index (χ2v) is 9.50. The molecule has 1 saturated heterocycles. The Morgan fingerprint density at radius 2 is 1.86 bits per heavy atom. The molecule has 1 aliphatic heterocycles. The molecule has 7 heteroatoms. The normalized spacial score (nSPS) is 23.7. The summed E-state index contributed by atoms with van der Waals surface area (Å²) in [5, 5.41) is 0.776. The zero-order valence-electron chi connectivity index (χ0n) is 17.2. The van der Waals surface area contributed by atoms with E-state index in [1.807, 2.05) is 13.8 Å². The minimum Gasteiger partial charge on any atom is -0.356 e. The van der Waals surface area contributed by atoms with Crippen LogP contribution in [0.25, 0.3) is 5.69 Å². The highest BCUT2D eigenvalue weighted by molar-refractivity contribution is 6.43. The molecule has 2 atom stereocenters. The molecule has 5 nitrogen and oxygen atoms in total. The van der Waals surface area contributed by atoms with E-state index >= 15 is 0 Å². The molecule has 1 saturated carbocycles. The number of aromatic nitrogens is 2. The lowest BCUT2D eigenvalue weighted by atomic mass is 9.73. The molecule has 2 N–H and O–H groups in total. The van der Waals surface area contributed by atoms with Gasteiger partial charge in [-0.2, -0.15) is 0 Å². The SMILES string of the molecule is Cc1c(N2CCC3(CC[C@H](C)[C@@H]3N)CC2)nc(C)n(-c2cccc(Cl)c2Cl)c1=O. The zero-order chi connectivity index (χ0) is 20.9. The molecule has 156 valence electrons. The maximum absolute atomic E-state index is 13.2. The Bertz CT molecular complexity index is 995. The first-order valence-electron chi connectivity index (χ1n) is 10.3. The van der Waals surface area contributed by atoms with Gasteiger partial charge >= 0.3 is 0 Å². The monoisotopic (exact) mass is 434 g/mol. The smallest absolute Gasteiger partial charge is 0.263 e. The molecule has 1 spiro atoms. The van der Waals surface area contributed by atoms with Crippen LogP contribution >= 0.6 is 23.2 Å². The second kappa shape index (κ2) is 7.60. The van der Waals surface area contributed by atoms with E-state index in [2.05, 4.69) is 11.8 Å². The summed E-state index contributed by atoms with van der Waals surface area (Å²) in [6, 6.07) is 5.56. The number of aryl methyl sites for hydroxylation is 1. The topological polar surface area (TPSA) is 64.2 Å². The van der Waals surface area contributed by atoms with Gasteiger partial charge in [0.15, 0.2) is 0 Å². The van der Waals surface area contributed by atoms with E-state index in [1.165, 1.54) is 12.8 Å². The molecule has 1 aromatic carbocycles. The average Bonchev–Trinajstić information content (AvgIpc) is 2.97. The molecule has 2 aromatic rings. The molecule has 2 aliphatic rings. The number of anilines is 1. The Hall–Kier alpha value is -1.56. The molecule has 2 heterocycles. The third-order valence-electron chi connectivity index (χ3n) is 7.10. The summed E-state index contributed by atoms with van der Waals surface area (Å²) in [4.78, 5) is 20.3. The molecule has 0 amide bonds. The summed E-state index contributed by atoms with van der Waals surface area (Å²) in [5.41, 5.74) is 7.89. The van der Waals surface area contributed by atoms with Crippen LogP contribution in [-0.4, -0.2) is 28.7 Å². The van der Waals surface area contributed by atoms with Gasteiger partial charge < -0.3 is 10.6 Å². The first-order valence-corrected chi connectivity index (χ1v) is 11.1. The van der Waals surface area contributed by atoms with E-state index < -0.39 is 0 Å². The van der Waals surface area contributed by atoms with E-state index in [0.29, 0.717) is 33.0 Å². The summed E-state index contributed by atoms with van der Waals surface area (Å²) < 4.78 is 1.55. The number of benzene rings is 1. The number of nitrogens with two attached hydrogens (primary N) is 1. The fourth-order valence-corrected chi connectivity index (χ4v) is 5.55. The summed E-state index contributed by atoms with van der Waals surface area (Å²) in [5.74, 6) is 1.97. The van der Waals surface area contributed by atoms with Gasteiger partial charge in [-0.05, 0) is 63.0 Å². The molecule has 29 heavy (non-hydrogen) atoms. The Labute approximate surface area is 181 Å². The van der Waals surface area contributed by atoms with Crippen molar-refractivity contribution in [3.8, 4) is 5.69 Å². The number of rotatable bonds is 2. The van der Waals surface area contributed by atoms with Crippen molar-refractivity contribution in [3.05, 3.63) is 50.0 Å². The van der Waals surface area contributed by atoms with E-state index in [0.717, 1.165) is 31.7 Å². The lowest BCUT2D eigenvalue weighted by molar-refractivity contribution is 0.186. The number of piperidine rings is 1. The fraction of sp³-hybridized carbons (Fsp3) is 0.545. The minimum absolute atomic E-state index is 0.108. The lowest BCUT2D eigenvalue weighted by Crippen LogP contribution is -2.49. The first kappa shape index (κ1) is 20.7. The van der Waals surface area contributed by atoms with E-state index in [-0.39, 0.29) is 17.0 Å². The third kappa shape index (κ3) is 3.37. The summed E-state index contributed by atoms with van der Waals surface area (Å²) >= 11 is 12.5. The molecule has 1 aromatic heterocycles. The fourth-order valence-electron chi connectivity index (χ4n) is 5.17. The maximum Gasteiger partial charge on any atom is 0.263 e. The van der Waals surface area contributed by atoms with Gasteiger partial charge in [-0.1, -0.05) is 36.2 Å². The third-order valence-corrected chi connectivity index (χ3v) is 7.91. The van der Waals surface area contributed by atoms with Crippen LogP contribution < -0.4 is 16.2 Å². The van der Waals surface area contributed by atoms with Crippen molar-refractivity contribution in [2.75, 3.05) is 18.0 Å². The number of hydrogen-bond donors (Lipinski definition) is 1. The molecule has 0 bridgehead atoms. The predicted octanol–water partition coefficient (Wildman–Crippen LogP) is 4.50. The van der Waals surface area contributed by atoms with Crippen LogP contribution in [-0.2, 0) is 0 Å². The Morgan fingerprint density at radius 1 is 1.17 bits per heavy atom. The minimum atomic E-state index is -0.108. The molecule has 1 aliphatic carbocycles. The van der Waals surface area contributed by atoms with Crippen LogP contribution in [0.15, 0.2) is 23.0 Å². The molecular formula is C22H28Cl2N4O. The highest BCUT2D eigenvalue weighted by atomic mass is 35.5. The molecule has 0 radical (unpaired) electrons. The molecule has 4 rings (SSSR count). The second-order valence-electron chi connectivity index (χ2n) is 8.71. The van der Waals surface area contributed by atoms with Crippen LogP contribution in [0.5, 0.6) is 0 Å². The number of hydrogen-bond acceptors (Lipinski definition) is 4. The van der Waals surface area contributed by atoms with Crippen molar-refractivity contribution >= 4 is 29.0 Å². The molecular weight excluding hydrogens is 407 g/mol. The van der Waals surface area contributed by atoms with E-state index in [1.54, 1.807) is 22.8 Å². The van der Waals surface area contributed by atoms with Crippen molar-refractivity contribution < 1.29 is 0 Å². The van der Waals surface area contributed by atoms with Crippen molar-refractivity contribution in [2.24, 2.45) is 17.1 Å². The van der Waals surface area contributed by atoms with Crippen LogP contribution in [0.2, 0.25) is 10.0 Å². The molecule has 0 unspecified atom stereocenters. The van der Waals surface area contributed by atoms with Crippen molar-refractivity contribution in [2.45, 2.75) is 52.5 Å². The van der Waals surface area contributed by atoms with Crippen LogP contribution in [0.1, 0.15) is 44.0 Å². The van der Waals surface area contributed by atoms with Crippen LogP contribution in [0, 0.1) is 25.2 Å². The van der Waals surface area contributed by atoms with Crippen molar-refractivity contribution in [1.29, 1.82) is 0 Å². The largest absolute Gasteiger partial charge is 0.356 e. The van der Waals surface area contributed by atoms with Gasteiger partial charge in [0, 0.05) is 19.1 Å².